The highest BCUT2D eigenvalue weighted by atomic mass is 32.2. The summed E-state index contributed by atoms with van der Waals surface area (Å²) in [6.07, 6.45) is 12.5. The van der Waals surface area contributed by atoms with E-state index >= 15 is 0 Å². The average Bonchev–Trinajstić information content (AvgIpc) is 2.84. The molecule has 2 saturated heterocycles. The number of esters is 2. The highest BCUT2D eigenvalue weighted by molar-refractivity contribution is 8.01. The van der Waals surface area contributed by atoms with Crippen molar-refractivity contribution in [2.24, 2.45) is 0 Å². The zero-order valence-electron chi connectivity index (χ0n) is 16.8. The second kappa shape index (κ2) is 9.62. The van der Waals surface area contributed by atoms with E-state index in [0.29, 0.717) is 0 Å². The van der Waals surface area contributed by atoms with Gasteiger partial charge in [0.2, 0.25) is 5.91 Å². The molecule has 1 amide bonds. The molecule has 27 heavy (non-hydrogen) atoms. The number of carbonyl (C=O) groups excluding carboxylic acids is 3. The van der Waals surface area contributed by atoms with Crippen molar-refractivity contribution in [1.82, 2.24) is 10.2 Å². The number of β-lactam (4-membered cyclic amide) rings is 1. The van der Waals surface area contributed by atoms with Crippen LogP contribution in [0.15, 0.2) is 12.3 Å². The summed E-state index contributed by atoms with van der Waals surface area (Å²) in [5.41, 5.74) is 0. The highest BCUT2D eigenvalue weighted by Gasteiger charge is 2.64. The van der Waals surface area contributed by atoms with Gasteiger partial charge in [0.25, 0.3) is 0 Å². The first-order valence-electron chi connectivity index (χ1n) is 9.93. The van der Waals surface area contributed by atoms with Crippen LogP contribution in [0, 0.1) is 0 Å². The summed E-state index contributed by atoms with van der Waals surface area (Å²) in [6.45, 7) is 7.22. The zero-order valence-corrected chi connectivity index (χ0v) is 17.6. The van der Waals surface area contributed by atoms with E-state index in [1.54, 1.807) is 16.7 Å². The monoisotopic (exact) mass is 396 g/mol. The Balaban J connectivity index is 1.79. The molecule has 6 nitrogen and oxygen atoms in total. The van der Waals surface area contributed by atoms with Crippen molar-refractivity contribution in [3.63, 3.8) is 0 Å². The van der Waals surface area contributed by atoms with Gasteiger partial charge >= 0.3 is 11.9 Å². The number of allylic oxidation sites excluding steroid dienone is 1. The maximum atomic E-state index is 12.5. The summed E-state index contributed by atoms with van der Waals surface area (Å²) >= 11 is 1.57. The first kappa shape index (κ1) is 21.8. The number of fused-ring (bicyclic) bond motifs is 1. The third kappa shape index (κ3) is 5.27. The van der Waals surface area contributed by atoms with E-state index in [2.05, 4.69) is 18.3 Å². The van der Waals surface area contributed by atoms with Crippen LogP contribution in [0.3, 0.4) is 0 Å². The fourth-order valence-electron chi connectivity index (χ4n) is 3.64. The second-order valence-corrected chi connectivity index (χ2v) is 9.55. The van der Waals surface area contributed by atoms with E-state index in [0.717, 1.165) is 12.8 Å². The number of carbonyl (C=O) groups is 3. The van der Waals surface area contributed by atoms with Crippen LogP contribution in [-0.2, 0) is 19.1 Å². The van der Waals surface area contributed by atoms with Gasteiger partial charge in [0.05, 0.1) is 0 Å². The fourth-order valence-corrected chi connectivity index (χ4v) is 5.27. The molecular weight excluding hydrogens is 364 g/mol. The van der Waals surface area contributed by atoms with Crippen LogP contribution in [0.5, 0.6) is 0 Å². The lowest BCUT2D eigenvalue weighted by molar-refractivity contribution is -0.169. The summed E-state index contributed by atoms with van der Waals surface area (Å²) in [5.74, 6) is -1.41. The van der Waals surface area contributed by atoms with Crippen molar-refractivity contribution in [3.8, 4) is 0 Å². The van der Waals surface area contributed by atoms with Crippen LogP contribution in [0.4, 0.5) is 0 Å². The number of hydrogen-bond donors (Lipinski definition) is 1. The molecule has 2 heterocycles. The lowest BCUT2D eigenvalue weighted by Crippen LogP contribution is -2.69. The largest absolute Gasteiger partial charge is 0.392 e. The molecule has 7 heteroatoms. The van der Waals surface area contributed by atoms with Crippen LogP contribution >= 0.6 is 11.8 Å². The van der Waals surface area contributed by atoms with Gasteiger partial charge in [-0.15, -0.1) is 11.8 Å². The molecule has 0 bridgehead atoms. The fraction of sp³-hybridized carbons (Fsp3) is 0.750. The topological polar surface area (TPSA) is 75.7 Å². The summed E-state index contributed by atoms with van der Waals surface area (Å²) < 4.78 is 4.25. The summed E-state index contributed by atoms with van der Waals surface area (Å²) in [6, 6.07) is -1.06. The van der Waals surface area contributed by atoms with E-state index in [9.17, 15) is 14.4 Å². The van der Waals surface area contributed by atoms with Gasteiger partial charge in [-0.3, -0.25) is 9.59 Å². The molecule has 0 radical (unpaired) electrons. The molecular formula is C20H32N2O4S. The minimum absolute atomic E-state index is 0.115. The van der Waals surface area contributed by atoms with Crippen LogP contribution in [0.25, 0.3) is 0 Å². The maximum absolute atomic E-state index is 12.5. The van der Waals surface area contributed by atoms with E-state index in [1.807, 2.05) is 20.0 Å². The molecule has 0 spiro atoms. The standard InChI is InChI=1S/C20H32N2O4S/c1-5-6-7-8-9-10-11-12-13-21-15-17(24)22-16(19(25)26-14(2)23)20(3,4)27-18(15)22/h12-13,15-16,18,21H,5-11H2,1-4H3/b13-12+/t15-,16+,18-/m1/s1. The minimum atomic E-state index is -0.728. The third-order valence-corrected chi connectivity index (χ3v) is 6.60. The van der Waals surface area contributed by atoms with Gasteiger partial charge in [-0.05, 0) is 32.9 Å². The van der Waals surface area contributed by atoms with Gasteiger partial charge in [0, 0.05) is 11.7 Å². The number of ether oxygens (including phenoxy) is 1. The number of hydrogen-bond acceptors (Lipinski definition) is 6. The number of thioether (sulfide) groups is 1. The van der Waals surface area contributed by atoms with Gasteiger partial charge in [-0.25, -0.2) is 4.79 Å². The van der Waals surface area contributed by atoms with Crippen molar-refractivity contribution in [1.29, 1.82) is 0 Å². The van der Waals surface area contributed by atoms with Crippen LogP contribution in [0.2, 0.25) is 0 Å². The SMILES string of the molecule is CCCCCCCC/C=C/N[C@@H]1C(=O)N2[C@@H]1SC(C)(C)[C@@H]2C(=O)OC(C)=O. The molecule has 0 aromatic rings. The molecule has 2 aliphatic rings. The predicted octanol–water partition coefficient (Wildman–Crippen LogP) is 3.36. The predicted molar refractivity (Wildman–Crippen MR) is 107 cm³/mol. The number of rotatable bonds is 10. The van der Waals surface area contributed by atoms with Crippen molar-refractivity contribution in [2.45, 2.75) is 94.8 Å². The van der Waals surface area contributed by atoms with Gasteiger partial charge in [-0.1, -0.05) is 45.1 Å². The normalized spacial score (nSPS) is 26.0. The first-order chi connectivity index (χ1) is 12.8. The molecule has 3 atom stereocenters. The lowest BCUT2D eigenvalue weighted by atomic mass is 9.96. The van der Waals surface area contributed by atoms with Crippen LogP contribution in [-0.4, -0.2) is 45.0 Å². The molecule has 2 fully saturated rings. The molecule has 0 saturated carbocycles. The van der Waals surface area contributed by atoms with Crippen molar-refractivity contribution in [2.75, 3.05) is 0 Å². The zero-order chi connectivity index (χ0) is 20.0. The highest BCUT2D eigenvalue weighted by Crippen LogP contribution is 2.51. The quantitative estimate of drug-likeness (QED) is 0.264. The summed E-state index contributed by atoms with van der Waals surface area (Å²) in [5, 5.41) is 3.06. The molecule has 0 unspecified atom stereocenters. The second-order valence-electron chi connectivity index (χ2n) is 7.78. The van der Waals surface area contributed by atoms with Gasteiger partial charge in [0.1, 0.15) is 17.5 Å². The number of nitrogens with one attached hydrogen (secondary N) is 1. The Hall–Kier alpha value is -1.50. The Morgan fingerprint density at radius 1 is 1.22 bits per heavy atom. The average molecular weight is 397 g/mol. The smallest absolute Gasteiger partial charge is 0.337 e. The van der Waals surface area contributed by atoms with Gasteiger partial charge in [0.15, 0.2) is 0 Å². The van der Waals surface area contributed by atoms with E-state index in [-0.39, 0.29) is 17.3 Å². The van der Waals surface area contributed by atoms with Crippen LogP contribution < -0.4 is 5.32 Å². The van der Waals surface area contributed by atoms with Gasteiger partial charge in [-0.2, -0.15) is 0 Å². The van der Waals surface area contributed by atoms with E-state index in [1.165, 1.54) is 39.0 Å². The molecule has 0 aromatic heterocycles. The van der Waals surface area contributed by atoms with Crippen molar-refractivity contribution >= 4 is 29.6 Å². The van der Waals surface area contributed by atoms with Crippen molar-refractivity contribution in [3.05, 3.63) is 12.3 Å². The number of unbranched alkanes of at least 4 members (excludes halogenated alkanes) is 6. The summed E-state index contributed by atoms with van der Waals surface area (Å²) in [4.78, 5) is 37.4. The van der Waals surface area contributed by atoms with Crippen LogP contribution in [0.1, 0.15) is 72.6 Å². The Labute approximate surface area is 166 Å². The Bertz CT molecular complexity index is 591. The lowest BCUT2D eigenvalue weighted by Gasteiger charge is -2.43. The summed E-state index contributed by atoms with van der Waals surface area (Å²) in [7, 11) is 0. The number of amides is 1. The number of nitrogens with zero attached hydrogens (tertiary/aromatic N) is 1. The molecule has 0 aromatic carbocycles. The molecule has 2 rings (SSSR count). The van der Waals surface area contributed by atoms with Crippen molar-refractivity contribution < 1.29 is 19.1 Å². The third-order valence-electron chi connectivity index (χ3n) is 5.03. The van der Waals surface area contributed by atoms with E-state index in [4.69, 9.17) is 4.74 Å². The minimum Gasteiger partial charge on any atom is -0.392 e. The van der Waals surface area contributed by atoms with E-state index < -0.39 is 22.7 Å². The van der Waals surface area contributed by atoms with Gasteiger partial charge < -0.3 is 15.0 Å². The molecule has 1 N–H and O–H groups in total. The molecule has 0 aliphatic carbocycles. The Kier molecular flexibility index (Phi) is 7.77. The Morgan fingerprint density at radius 2 is 1.89 bits per heavy atom. The Morgan fingerprint density at radius 3 is 2.56 bits per heavy atom. The first-order valence-corrected chi connectivity index (χ1v) is 10.8. The molecule has 152 valence electrons. The maximum Gasteiger partial charge on any atom is 0.337 e. The molecule has 2 aliphatic heterocycles.